The van der Waals surface area contributed by atoms with E-state index < -0.39 is 11.7 Å². The van der Waals surface area contributed by atoms with Gasteiger partial charge in [0.25, 0.3) is 0 Å². The van der Waals surface area contributed by atoms with Crippen LogP contribution in [0, 0.1) is 5.92 Å². The number of benzene rings is 1. The Labute approximate surface area is 124 Å². The first-order valence-corrected chi connectivity index (χ1v) is 7.33. The van der Waals surface area contributed by atoms with Crippen molar-refractivity contribution in [2.75, 3.05) is 19.8 Å². The fourth-order valence-corrected chi connectivity index (χ4v) is 2.58. The Morgan fingerprint density at radius 2 is 1.95 bits per heavy atom. The minimum Gasteiger partial charge on any atom is -0.493 e. The first-order chi connectivity index (χ1) is 9.47. The van der Waals surface area contributed by atoms with E-state index in [0.29, 0.717) is 17.0 Å². The van der Waals surface area contributed by atoms with Crippen LogP contribution in [0.15, 0.2) is 22.7 Å². The van der Waals surface area contributed by atoms with Crippen LogP contribution in [0.5, 0.6) is 5.75 Å². The number of hydrogen-bond acceptors (Lipinski definition) is 2. The summed E-state index contributed by atoms with van der Waals surface area (Å²) < 4.78 is 49.7. The molecule has 112 valence electrons. The summed E-state index contributed by atoms with van der Waals surface area (Å²) in [5.41, 5.74) is -0.737. The number of halogens is 4. The van der Waals surface area contributed by atoms with E-state index in [-0.39, 0.29) is 5.75 Å². The molecule has 2 rings (SSSR count). The van der Waals surface area contributed by atoms with E-state index >= 15 is 0 Å². The summed E-state index contributed by atoms with van der Waals surface area (Å²) >= 11 is 3.05. The van der Waals surface area contributed by atoms with E-state index in [1.54, 1.807) is 6.07 Å². The molecule has 0 bridgehead atoms. The first kappa shape index (κ1) is 15.6. The van der Waals surface area contributed by atoms with Crippen LogP contribution in [0.4, 0.5) is 13.2 Å². The second-order valence-electron chi connectivity index (χ2n) is 4.83. The summed E-state index contributed by atoms with van der Waals surface area (Å²) in [7, 11) is 0. The lowest BCUT2D eigenvalue weighted by atomic mass is 9.97. The second-order valence-corrected chi connectivity index (χ2v) is 5.75. The smallest absolute Gasteiger partial charge is 0.420 e. The maximum absolute atomic E-state index is 12.9. The molecule has 0 unspecified atom stereocenters. The summed E-state index contributed by atoms with van der Waals surface area (Å²) in [6.07, 6.45) is -1.74. The lowest BCUT2D eigenvalue weighted by Crippen LogP contribution is -2.18. The molecule has 1 saturated heterocycles. The highest BCUT2D eigenvalue weighted by molar-refractivity contribution is 9.10. The zero-order valence-electron chi connectivity index (χ0n) is 10.9. The molecule has 0 atom stereocenters. The molecule has 0 amide bonds. The third kappa shape index (κ3) is 4.38. The van der Waals surface area contributed by atoms with Crippen LogP contribution < -0.4 is 4.74 Å². The van der Waals surface area contributed by atoms with Crippen molar-refractivity contribution in [3.05, 3.63) is 28.2 Å². The Kier molecular flexibility index (Phi) is 5.32. The summed E-state index contributed by atoms with van der Waals surface area (Å²) in [4.78, 5) is 0. The lowest BCUT2D eigenvalue weighted by Gasteiger charge is -2.22. The second kappa shape index (κ2) is 6.80. The standard InChI is InChI=1S/C14H16BrF3O2/c15-11-1-2-13(12(9-11)14(16,17)18)20-8-5-10-3-6-19-7-4-10/h1-2,9-10H,3-8H2. The van der Waals surface area contributed by atoms with Gasteiger partial charge in [-0.3, -0.25) is 0 Å². The minimum absolute atomic E-state index is 0.104. The largest absolute Gasteiger partial charge is 0.493 e. The van der Waals surface area contributed by atoms with Gasteiger partial charge in [-0.25, -0.2) is 0 Å². The third-order valence-electron chi connectivity index (χ3n) is 3.37. The summed E-state index contributed by atoms with van der Waals surface area (Å²) in [5.74, 6) is 0.376. The van der Waals surface area contributed by atoms with Gasteiger partial charge in [0.05, 0.1) is 12.2 Å². The fraction of sp³-hybridized carbons (Fsp3) is 0.571. The highest BCUT2D eigenvalue weighted by Gasteiger charge is 2.34. The Morgan fingerprint density at radius 3 is 2.60 bits per heavy atom. The molecule has 0 aliphatic carbocycles. The molecule has 1 aromatic rings. The van der Waals surface area contributed by atoms with Crippen molar-refractivity contribution in [3.63, 3.8) is 0 Å². The number of rotatable bonds is 4. The summed E-state index contributed by atoms with van der Waals surface area (Å²) in [5, 5.41) is 0. The molecule has 1 aliphatic rings. The fourth-order valence-electron chi connectivity index (χ4n) is 2.22. The van der Waals surface area contributed by atoms with E-state index in [4.69, 9.17) is 9.47 Å². The van der Waals surface area contributed by atoms with Crippen molar-refractivity contribution in [1.82, 2.24) is 0 Å². The highest BCUT2D eigenvalue weighted by Crippen LogP contribution is 2.38. The Hall–Kier alpha value is -0.750. The van der Waals surface area contributed by atoms with E-state index in [9.17, 15) is 13.2 Å². The highest BCUT2D eigenvalue weighted by atomic mass is 79.9. The Bertz CT molecular complexity index is 443. The molecular weight excluding hydrogens is 337 g/mol. The molecule has 0 aromatic heterocycles. The zero-order chi connectivity index (χ0) is 14.6. The van der Waals surface area contributed by atoms with Crippen LogP contribution >= 0.6 is 15.9 Å². The molecule has 0 radical (unpaired) electrons. The maximum Gasteiger partial charge on any atom is 0.420 e. The van der Waals surface area contributed by atoms with Gasteiger partial charge in [0.2, 0.25) is 0 Å². The van der Waals surface area contributed by atoms with Gasteiger partial charge in [-0.2, -0.15) is 13.2 Å². The molecule has 20 heavy (non-hydrogen) atoms. The molecule has 1 aliphatic heterocycles. The molecule has 0 saturated carbocycles. The van der Waals surface area contributed by atoms with Gasteiger partial charge >= 0.3 is 6.18 Å². The SMILES string of the molecule is FC(F)(F)c1cc(Br)ccc1OCCC1CCOCC1. The minimum atomic E-state index is -4.40. The van der Waals surface area contributed by atoms with Crippen molar-refractivity contribution in [2.45, 2.75) is 25.4 Å². The first-order valence-electron chi connectivity index (χ1n) is 6.54. The van der Waals surface area contributed by atoms with Crippen LogP contribution in [0.2, 0.25) is 0 Å². The van der Waals surface area contributed by atoms with Crippen LogP contribution in [-0.2, 0) is 10.9 Å². The van der Waals surface area contributed by atoms with Crippen LogP contribution in [0.1, 0.15) is 24.8 Å². The predicted molar refractivity (Wildman–Crippen MR) is 72.8 cm³/mol. The van der Waals surface area contributed by atoms with Crippen molar-refractivity contribution >= 4 is 15.9 Å². The van der Waals surface area contributed by atoms with Crippen molar-refractivity contribution in [2.24, 2.45) is 5.92 Å². The van der Waals surface area contributed by atoms with Crippen LogP contribution in [-0.4, -0.2) is 19.8 Å². The van der Waals surface area contributed by atoms with Crippen molar-refractivity contribution in [3.8, 4) is 5.75 Å². The van der Waals surface area contributed by atoms with E-state index in [2.05, 4.69) is 15.9 Å². The summed E-state index contributed by atoms with van der Waals surface area (Å²) in [6, 6.07) is 3.96. The van der Waals surface area contributed by atoms with Gasteiger partial charge in [-0.05, 0) is 43.4 Å². The van der Waals surface area contributed by atoms with Gasteiger partial charge in [0.15, 0.2) is 0 Å². The van der Waals surface area contributed by atoms with E-state index in [1.807, 2.05) is 0 Å². The number of alkyl halides is 3. The molecule has 6 heteroatoms. The molecule has 1 aromatic carbocycles. The number of hydrogen-bond donors (Lipinski definition) is 0. The maximum atomic E-state index is 12.9. The van der Waals surface area contributed by atoms with Crippen molar-refractivity contribution < 1.29 is 22.6 Å². The lowest BCUT2D eigenvalue weighted by molar-refractivity contribution is -0.139. The summed E-state index contributed by atoms with van der Waals surface area (Å²) in [6.45, 7) is 1.77. The molecule has 1 heterocycles. The normalized spacial score (nSPS) is 17.2. The van der Waals surface area contributed by atoms with Crippen LogP contribution in [0.3, 0.4) is 0 Å². The molecular formula is C14H16BrF3O2. The average Bonchev–Trinajstić information content (AvgIpc) is 2.40. The topological polar surface area (TPSA) is 18.5 Å². The quantitative estimate of drug-likeness (QED) is 0.784. The Balaban J connectivity index is 1.95. The van der Waals surface area contributed by atoms with E-state index in [1.165, 1.54) is 6.07 Å². The zero-order valence-corrected chi connectivity index (χ0v) is 12.5. The van der Waals surface area contributed by atoms with Gasteiger partial charge in [-0.15, -0.1) is 0 Å². The Morgan fingerprint density at radius 1 is 1.25 bits per heavy atom. The average molecular weight is 353 g/mol. The molecule has 0 spiro atoms. The molecule has 2 nitrogen and oxygen atoms in total. The van der Waals surface area contributed by atoms with E-state index in [0.717, 1.165) is 38.5 Å². The molecule has 0 N–H and O–H groups in total. The number of ether oxygens (including phenoxy) is 2. The monoisotopic (exact) mass is 352 g/mol. The van der Waals surface area contributed by atoms with Crippen molar-refractivity contribution in [1.29, 1.82) is 0 Å². The third-order valence-corrected chi connectivity index (χ3v) is 3.86. The van der Waals surface area contributed by atoms with Gasteiger partial charge in [0, 0.05) is 17.7 Å². The molecule has 1 fully saturated rings. The predicted octanol–water partition coefficient (Wildman–Crippen LogP) is 4.66. The van der Waals surface area contributed by atoms with Gasteiger partial charge in [-0.1, -0.05) is 15.9 Å². The van der Waals surface area contributed by atoms with Gasteiger partial charge in [0.1, 0.15) is 5.75 Å². The van der Waals surface area contributed by atoms with Crippen LogP contribution in [0.25, 0.3) is 0 Å². The van der Waals surface area contributed by atoms with Gasteiger partial charge < -0.3 is 9.47 Å².